The molecule has 5 heteroatoms. The minimum atomic E-state index is -1.29. The van der Waals surface area contributed by atoms with Crippen LogP contribution >= 0.6 is 0 Å². The Bertz CT molecular complexity index is 913. The van der Waals surface area contributed by atoms with Crippen molar-refractivity contribution in [1.82, 2.24) is 9.55 Å². The molecule has 0 unspecified atom stereocenters. The van der Waals surface area contributed by atoms with E-state index in [2.05, 4.69) is 4.98 Å². The second-order valence-electron chi connectivity index (χ2n) is 5.11. The highest BCUT2D eigenvalue weighted by molar-refractivity contribution is 5.72. The van der Waals surface area contributed by atoms with Crippen molar-refractivity contribution >= 4 is 6.09 Å². The fourth-order valence-corrected chi connectivity index (χ4v) is 2.43. The van der Waals surface area contributed by atoms with Crippen molar-refractivity contribution in [3.8, 4) is 22.4 Å². The number of carboxylic acid groups (broad SMARTS) is 1. The maximum atomic E-state index is 12.1. The zero-order chi connectivity index (χ0) is 16.4. The minimum absolute atomic E-state index is 0.379. The standard InChI is InChI=1S/C18H14N2O3/c1-12-15(9-10-20(17(12)21)18(22)23)14-7-8-16(19-11-14)13-5-3-2-4-6-13/h2-11H,1H3,(H,22,23). The molecule has 3 rings (SSSR count). The molecule has 0 bridgehead atoms. The van der Waals surface area contributed by atoms with E-state index in [1.165, 1.54) is 6.20 Å². The van der Waals surface area contributed by atoms with Crippen LogP contribution in [0.5, 0.6) is 0 Å². The Morgan fingerprint density at radius 3 is 2.39 bits per heavy atom. The Kier molecular flexibility index (Phi) is 3.76. The second kappa shape index (κ2) is 5.88. The first kappa shape index (κ1) is 14.7. The van der Waals surface area contributed by atoms with Gasteiger partial charge in [-0.1, -0.05) is 36.4 Å². The summed E-state index contributed by atoms with van der Waals surface area (Å²) >= 11 is 0. The van der Waals surface area contributed by atoms with Crippen LogP contribution in [0, 0.1) is 6.92 Å². The van der Waals surface area contributed by atoms with Crippen LogP contribution in [0.25, 0.3) is 22.4 Å². The molecule has 0 saturated heterocycles. The zero-order valence-corrected chi connectivity index (χ0v) is 12.4. The predicted molar refractivity (Wildman–Crippen MR) is 87.5 cm³/mol. The molecular formula is C18H14N2O3. The summed E-state index contributed by atoms with van der Waals surface area (Å²) in [6.45, 7) is 1.61. The van der Waals surface area contributed by atoms with Gasteiger partial charge in [0.25, 0.3) is 5.56 Å². The zero-order valence-electron chi connectivity index (χ0n) is 12.4. The van der Waals surface area contributed by atoms with Crippen LogP contribution in [0.15, 0.2) is 65.7 Å². The van der Waals surface area contributed by atoms with Crippen LogP contribution in [0.3, 0.4) is 0 Å². The summed E-state index contributed by atoms with van der Waals surface area (Å²) in [5.41, 5.74) is 3.14. The lowest BCUT2D eigenvalue weighted by atomic mass is 10.0. The lowest BCUT2D eigenvalue weighted by Crippen LogP contribution is -2.27. The van der Waals surface area contributed by atoms with Gasteiger partial charge in [0.15, 0.2) is 0 Å². The monoisotopic (exact) mass is 306 g/mol. The van der Waals surface area contributed by atoms with Crippen molar-refractivity contribution in [3.63, 3.8) is 0 Å². The van der Waals surface area contributed by atoms with Gasteiger partial charge in [-0.25, -0.2) is 9.36 Å². The molecule has 0 aliphatic heterocycles. The van der Waals surface area contributed by atoms with Crippen LogP contribution in [-0.4, -0.2) is 20.8 Å². The van der Waals surface area contributed by atoms with Gasteiger partial charge in [0, 0.05) is 29.1 Å². The molecule has 2 heterocycles. The molecule has 1 N–H and O–H groups in total. The normalized spacial score (nSPS) is 10.5. The number of aromatic nitrogens is 2. The molecule has 2 aromatic heterocycles. The number of hydrogen-bond acceptors (Lipinski definition) is 3. The predicted octanol–water partition coefficient (Wildman–Crippen LogP) is 3.41. The Morgan fingerprint density at radius 2 is 1.78 bits per heavy atom. The summed E-state index contributed by atoms with van der Waals surface area (Å²) in [7, 11) is 0. The molecule has 23 heavy (non-hydrogen) atoms. The number of carbonyl (C=O) groups is 1. The van der Waals surface area contributed by atoms with Crippen molar-refractivity contribution in [3.05, 3.63) is 76.8 Å². The van der Waals surface area contributed by atoms with Gasteiger partial charge in [0.1, 0.15) is 0 Å². The Hall–Kier alpha value is -3.21. The topological polar surface area (TPSA) is 72.2 Å². The van der Waals surface area contributed by atoms with E-state index in [4.69, 9.17) is 5.11 Å². The SMILES string of the molecule is Cc1c(-c2ccc(-c3ccccc3)nc2)ccn(C(=O)O)c1=O. The van der Waals surface area contributed by atoms with Crippen LogP contribution in [-0.2, 0) is 0 Å². The lowest BCUT2D eigenvalue weighted by Gasteiger charge is -2.08. The molecule has 0 radical (unpaired) electrons. The van der Waals surface area contributed by atoms with E-state index in [1.807, 2.05) is 42.5 Å². The minimum Gasteiger partial charge on any atom is -0.464 e. The maximum absolute atomic E-state index is 12.1. The van der Waals surface area contributed by atoms with Crippen molar-refractivity contribution < 1.29 is 9.90 Å². The van der Waals surface area contributed by atoms with E-state index >= 15 is 0 Å². The molecule has 1 aromatic carbocycles. The third kappa shape index (κ3) is 2.76. The highest BCUT2D eigenvalue weighted by Crippen LogP contribution is 2.23. The molecule has 0 saturated carbocycles. The van der Waals surface area contributed by atoms with Gasteiger partial charge in [0.05, 0.1) is 5.69 Å². The highest BCUT2D eigenvalue weighted by Gasteiger charge is 2.11. The van der Waals surface area contributed by atoms with Crippen molar-refractivity contribution in [2.45, 2.75) is 6.92 Å². The maximum Gasteiger partial charge on any atom is 0.418 e. The van der Waals surface area contributed by atoms with E-state index in [9.17, 15) is 9.59 Å². The lowest BCUT2D eigenvalue weighted by molar-refractivity contribution is 0.195. The molecule has 0 aliphatic rings. The third-order valence-corrected chi connectivity index (χ3v) is 3.68. The Labute approximate surface area is 132 Å². The van der Waals surface area contributed by atoms with Crippen LogP contribution < -0.4 is 5.56 Å². The third-order valence-electron chi connectivity index (χ3n) is 3.68. The molecule has 0 fully saturated rings. The van der Waals surface area contributed by atoms with E-state index in [1.54, 1.807) is 19.2 Å². The van der Waals surface area contributed by atoms with Crippen molar-refractivity contribution in [2.75, 3.05) is 0 Å². The molecule has 3 aromatic rings. The van der Waals surface area contributed by atoms with Gasteiger partial charge in [-0.2, -0.15) is 0 Å². The van der Waals surface area contributed by atoms with Crippen LogP contribution in [0.2, 0.25) is 0 Å². The molecule has 0 aliphatic carbocycles. The smallest absolute Gasteiger partial charge is 0.418 e. The van der Waals surface area contributed by atoms with Gasteiger partial charge < -0.3 is 5.11 Å². The Balaban J connectivity index is 2.02. The first-order chi connectivity index (χ1) is 11.1. The summed E-state index contributed by atoms with van der Waals surface area (Å²) in [6.07, 6.45) is 1.66. The molecule has 0 atom stereocenters. The number of benzene rings is 1. The van der Waals surface area contributed by atoms with Gasteiger partial charge in [-0.15, -0.1) is 0 Å². The first-order valence-electron chi connectivity index (χ1n) is 7.05. The van der Waals surface area contributed by atoms with Crippen LogP contribution in [0.1, 0.15) is 5.56 Å². The first-order valence-corrected chi connectivity index (χ1v) is 7.05. The Morgan fingerprint density at radius 1 is 1.04 bits per heavy atom. The summed E-state index contributed by atoms with van der Waals surface area (Å²) in [6, 6.07) is 15.2. The molecule has 0 amide bonds. The molecular weight excluding hydrogens is 292 g/mol. The number of nitrogens with zero attached hydrogens (tertiary/aromatic N) is 2. The summed E-state index contributed by atoms with van der Waals surface area (Å²) in [5, 5.41) is 8.96. The van der Waals surface area contributed by atoms with E-state index in [-0.39, 0.29) is 0 Å². The van der Waals surface area contributed by atoms with Crippen molar-refractivity contribution in [2.24, 2.45) is 0 Å². The number of hydrogen-bond donors (Lipinski definition) is 1. The molecule has 114 valence electrons. The fourth-order valence-electron chi connectivity index (χ4n) is 2.43. The van der Waals surface area contributed by atoms with Gasteiger partial charge in [-0.3, -0.25) is 9.78 Å². The second-order valence-corrected chi connectivity index (χ2v) is 5.11. The summed E-state index contributed by atoms with van der Waals surface area (Å²) in [5.74, 6) is 0. The average Bonchev–Trinajstić information content (AvgIpc) is 2.58. The fraction of sp³-hybridized carbons (Fsp3) is 0.0556. The number of pyridine rings is 2. The quantitative estimate of drug-likeness (QED) is 0.787. The van der Waals surface area contributed by atoms with E-state index in [0.717, 1.165) is 16.8 Å². The summed E-state index contributed by atoms with van der Waals surface area (Å²) in [4.78, 5) is 27.5. The number of rotatable bonds is 2. The molecule has 5 nitrogen and oxygen atoms in total. The summed E-state index contributed by atoms with van der Waals surface area (Å²) < 4.78 is 0.671. The molecule has 0 spiro atoms. The largest absolute Gasteiger partial charge is 0.464 e. The van der Waals surface area contributed by atoms with Gasteiger partial charge >= 0.3 is 6.09 Å². The van der Waals surface area contributed by atoms with Crippen molar-refractivity contribution in [1.29, 1.82) is 0 Å². The van der Waals surface area contributed by atoms with Gasteiger partial charge in [-0.05, 0) is 24.6 Å². The van der Waals surface area contributed by atoms with Crippen LogP contribution in [0.4, 0.5) is 4.79 Å². The van der Waals surface area contributed by atoms with E-state index in [0.29, 0.717) is 15.7 Å². The van der Waals surface area contributed by atoms with Gasteiger partial charge in [0.2, 0.25) is 0 Å². The highest BCUT2D eigenvalue weighted by atomic mass is 16.4. The van der Waals surface area contributed by atoms with E-state index < -0.39 is 11.7 Å². The average molecular weight is 306 g/mol.